The van der Waals surface area contributed by atoms with Crippen LogP contribution in [0, 0.1) is 5.92 Å². The van der Waals surface area contributed by atoms with Crippen molar-refractivity contribution in [2.24, 2.45) is 5.92 Å². The van der Waals surface area contributed by atoms with Gasteiger partial charge in [0, 0.05) is 17.2 Å². The molecule has 1 aliphatic carbocycles. The summed E-state index contributed by atoms with van der Waals surface area (Å²) in [5.41, 5.74) is 2.42. The fourth-order valence-electron chi connectivity index (χ4n) is 3.54. The summed E-state index contributed by atoms with van der Waals surface area (Å²) in [7, 11) is 0. The number of anilines is 3. The van der Waals surface area contributed by atoms with Crippen LogP contribution in [0.4, 0.5) is 17.1 Å². The van der Waals surface area contributed by atoms with Gasteiger partial charge < -0.3 is 10.6 Å². The molecular formula is C22H21N3O3. The Morgan fingerprint density at radius 3 is 2.57 bits per heavy atom. The average Bonchev–Trinajstić information content (AvgIpc) is 2.73. The predicted molar refractivity (Wildman–Crippen MR) is 108 cm³/mol. The molecule has 6 heteroatoms. The highest BCUT2D eigenvalue weighted by atomic mass is 16.2. The van der Waals surface area contributed by atoms with E-state index >= 15 is 0 Å². The van der Waals surface area contributed by atoms with E-state index in [9.17, 15) is 14.4 Å². The van der Waals surface area contributed by atoms with E-state index in [-0.39, 0.29) is 30.2 Å². The molecule has 3 amide bonds. The van der Waals surface area contributed by atoms with Gasteiger partial charge in [-0.15, -0.1) is 0 Å². The Kier molecular flexibility index (Phi) is 4.93. The van der Waals surface area contributed by atoms with Crippen LogP contribution in [0.3, 0.4) is 0 Å². The van der Waals surface area contributed by atoms with E-state index in [0.717, 1.165) is 19.3 Å². The molecule has 1 heterocycles. The maximum Gasteiger partial charge on any atom is 0.258 e. The summed E-state index contributed by atoms with van der Waals surface area (Å²) >= 11 is 0. The van der Waals surface area contributed by atoms with E-state index in [2.05, 4.69) is 16.7 Å². The zero-order chi connectivity index (χ0) is 19.5. The van der Waals surface area contributed by atoms with Gasteiger partial charge in [0.15, 0.2) is 0 Å². The highest BCUT2D eigenvalue weighted by Crippen LogP contribution is 2.30. The third-order valence-electron chi connectivity index (χ3n) is 5.06. The number of amides is 3. The zero-order valence-corrected chi connectivity index (χ0v) is 15.4. The Labute approximate surface area is 163 Å². The average molecular weight is 375 g/mol. The number of carbonyl (C=O) groups excluding carboxylic acids is 3. The molecule has 1 unspecified atom stereocenters. The predicted octanol–water partition coefficient (Wildman–Crippen LogP) is 3.58. The number of hydrogen-bond acceptors (Lipinski definition) is 3. The van der Waals surface area contributed by atoms with Gasteiger partial charge in [-0.1, -0.05) is 24.3 Å². The maximum atomic E-state index is 12.9. The summed E-state index contributed by atoms with van der Waals surface area (Å²) in [5.74, 6) is -0.477. The summed E-state index contributed by atoms with van der Waals surface area (Å²) in [6.45, 7) is -0.0243. The molecule has 2 N–H and O–H groups in total. The van der Waals surface area contributed by atoms with Gasteiger partial charge in [0.05, 0.1) is 11.4 Å². The molecule has 1 atom stereocenters. The van der Waals surface area contributed by atoms with Gasteiger partial charge in [-0.05, 0) is 55.7 Å². The van der Waals surface area contributed by atoms with Crippen molar-refractivity contribution < 1.29 is 14.4 Å². The minimum atomic E-state index is -0.252. The maximum absolute atomic E-state index is 12.9. The van der Waals surface area contributed by atoms with Crippen LogP contribution >= 0.6 is 0 Å². The first kappa shape index (κ1) is 18.0. The lowest BCUT2D eigenvalue weighted by Crippen LogP contribution is -2.42. The largest absolute Gasteiger partial charge is 0.326 e. The van der Waals surface area contributed by atoms with Gasteiger partial charge in [0.25, 0.3) is 5.91 Å². The molecule has 2 aromatic rings. The molecule has 0 aromatic heterocycles. The van der Waals surface area contributed by atoms with Crippen molar-refractivity contribution in [1.29, 1.82) is 0 Å². The van der Waals surface area contributed by atoms with Crippen molar-refractivity contribution in [3.8, 4) is 0 Å². The van der Waals surface area contributed by atoms with Crippen LogP contribution in [-0.2, 0) is 9.59 Å². The molecule has 142 valence electrons. The Hall–Kier alpha value is -3.41. The van der Waals surface area contributed by atoms with E-state index in [1.54, 1.807) is 36.4 Å². The van der Waals surface area contributed by atoms with E-state index < -0.39 is 0 Å². The van der Waals surface area contributed by atoms with Gasteiger partial charge >= 0.3 is 0 Å². The monoisotopic (exact) mass is 375 g/mol. The number of para-hydroxylation sites is 2. The van der Waals surface area contributed by atoms with Gasteiger partial charge in [-0.2, -0.15) is 0 Å². The molecule has 2 aliphatic rings. The molecule has 0 radical (unpaired) electrons. The summed E-state index contributed by atoms with van der Waals surface area (Å²) in [4.78, 5) is 38.7. The number of allylic oxidation sites excluding steroid dienone is 2. The first-order valence-electron chi connectivity index (χ1n) is 9.38. The first-order valence-corrected chi connectivity index (χ1v) is 9.38. The van der Waals surface area contributed by atoms with E-state index in [1.165, 1.54) is 4.90 Å². The number of hydrogen-bond donors (Lipinski definition) is 2. The minimum Gasteiger partial charge on any atom is -0.326 e. The van der Waals surface area contributed by atoms with E-state index in [1.807, 2.05) is 18.2 Å². The van der Waals surface area contributed by atoms with Gasteiger partial charge in [-0.3, -0.25) is 19.3 Å². The standard InChI is InChI=1S/C22H21N3O3/c26-20-14-25(19-9-5-4-8-18(19)24-20)22(28)16-10-12-17(13-11-16)23-21(27)15-6-2-1-3-7-15/h1-2,4-5,8-13,15H,3,6-7,14H2,(H,23,27)(H,24,26). The second-order valence-corrected chi connectivity index (χ2v) is 7.00. The number of rotatable bonds is 3. The number of carbonyl (C=O) groups is 3. The highest BCUT2D eigenvalue weighted by Gasteiger charge is 2.27. The quantitative estimate of drug-likeness (QED) is 0.805. The lowest BCUT2D eigenvalue weighted by molar-refractivity contribution is -0.120. The molecule has 6 nitrogen and oxygen atoms in total. The van der Waals surface area contributed by atoms with Crippen LogP contribution in [0.25, 0.3) is 0 Å². The Balaban J connectivity index is 1.48. The Morgan fingerprint density at radius 1 is 1.04 bits per heavy atom. The fraction of sp³-hybridized carbons (Fsp3) is 0.227. The van der Waals surface area contributed by atoms with Crippen molar-refractivity contribution in [1.82, 2.24) is 0 Å². The SMILES string of the molecule is O=C1CN(C(=O)c2ccc(NC(=O)C3CC=CCC3)cc2)c2ccccc2N1. The summed E-state index contributed by atoms with van der Waals surface area (Å²) < 4.78 is 0. The molecule has 1 aliphatic heterocycles. The molecular weight excluding hydrogens is 354 g/mol. The topological polar surface area (TPSA) is 78.5 Å². The number of benzene rings is 2. The van der Waals surface area contributed by atoms with Crippen LogP contribution in [-0.4, -0.2) is 24.3 Å². The molecule has 0 saturated heterocycles. The highest BCUT2D eigenvalue weighted by molar-refractivity contribution is 6.15. The van der Waals surface area contributed by atoms with Crippen molar-refractivity contribution in [3.05, 3.63) is 66.2 Å². The molecule has 4 rings (SSSR count). The fourth-order valence-corrected chi connectivity index (χ4v) is 3.54. The summed E-state index contributed by atoms with van der Waals surface area (Å²) in [6.07, 6.45) is 6.69. The zero-order valence-electron chi connectivity index (χ0n) is 15.4. The smallest absolute Gasteiger partial charge is 0.258 e. The molecule has 0 spiro atoms. The van der Waals surface area contributed by atoms with Crippen molar-refractivity contribution in [2.45, 2.75) is 19.3 Å². The molecule has 2 aromatic carbocycles. The van der Waals surface area contributed by atoms with Crippen LogP contribution in [0.5, 0.6) is 0 Å². The molecule has 0 fully saturated rings. The van der Waals surface area contributed by atoms with Crippen LogP contribution in [0.15, 0.2) is 60.7 Å². The van der Waals surface area contributed by atoms with Crippen molar-refractivity contribution in [3.63, 3.8) is 0 Å². The molecule has 28 heavy (non-hydrogen) atoms. The van der Waals surface area contributed by atoms with Gasteiger partial charge in [-0.25, -0.2) is 0 Å². The normalized spacial score (nSPS) is 18.2. The van der Waals surface area contributed by atoms with Crippen LogP contribution in [0.2, 0.25) is 0 Å². The van der Waals surface area contributed by atoms with Crippen molar-refractivity contribution >= 4 is 34.8 Å². The number of nitrogens with one attached hydrogen (secondary N) is 2. The molecule has 0 bridgehead atoms. The molecule has 0 saturated carbocycles. The number of nitrogens with zero attached hydrogens (tertiary/aromatic N) is 1. The Morgan fingerprint density at radius 2 is 1.82 bits per heavy atom. The third kappa shape index (κ3) is 3.67. The lowest BCUT2D eigenvalue weighted by atomic mass is 9.93. The van der Waals surface area contributed by atoms with Crippen molar-refractivity contribution in [2.75, 3.05) is 22.1 Å². The second kappa shape index (κ2) is 7.68. The van der Waals surface area contributed by atoms with Gasteiger partial charge in [0.2, 0.25) is 11.8 Å². The minimum absolute atomic E-state index is 0.00468. The van der Waals surface area contributed by atoms with E-state index in [0.29, 0.717) is 22.6 Å². The Bertz CT molecular complexity index is 950. The number of fused-ring (bicyclic) bond motifs is 1. The third-order valence-corrected chi connectivity index (χ3v) is 5.06. The van der Waals surface area contributed by atoms with Crippen LogP contribution < -0.4 is 15.5 Å². The van der Waals surface area contributed by atoms with E-state index in [4.69, 9.17) is 0 Å². The summed E-state index contributed by atoms with van der Waals surface area (Å²) in [6, 6.07) is 14.0. The summed E-state index contributed by atoms with van der Waals surface area (Å²) in [5, 5.41) is 5.69. The first-order chi connectivity index (χ1) is 13.6. The lowest BCUT2D eigenvalue weighted by Gasteiger charge is -2.29. The van der Waals surface area contributed by atoms with Crippen LogP contribution in [0.1, 0.15) is 29.6 Å². The second-order valence-electron chi connectivity index (χ2n) is 7.00. The van der Waals surface area contributed by atoms with Gasteiger partial charge in [0.1, 0.15) is 6.54 Å².